The number of aromatic amines is 1. The van der Waals surface area contributed by atoms with Crippen LogP contribution in [0.15, 0.2) is 11.7 Å². The summed E-state index contributed by atoms with van der Waals surface area (Å²) in [5, 5.41) is 2.45. The second kappa shape index (κ2) is 3.67. The van der Waals surface area contributed by atoms with Gasteiger partial charge < -0.3 is 16.5 Å². The Labute approximate surface area is 99.9 Å². The summed E-state index contributed by atoms with van der Waals surface area (Å²) in [7, 11) is 0. The fourth-order valence-electron chi connectivity index (χ4n) is 1.55. The van der Waals surface area contributed by atoms with Crippen LogP contribution in [0.5, 0.6) is 0 Å². The van der Waals surface area contributed by atoms with Gasteiger partial charge in [0.05, 0.1) is 5.69 Å². The van der Waals surface area contributed by atoms with Crippen molar-refractivity contribution >= 4 is 33.5 Å². The summed E-state index contributed by atoms with van der Waals surface area (Å²) in [4.78, 5) is 19.5. The van der Waals surface area contributed by atoms with E-state index in [0.717, 1.165) is 11.5 Å². The minimum Gasteiger partial charge on any atom is -0.382 e. The van der Waals surface area contributed by atoms with Crippen molar-refractivity contribution in [3.05, 3.63) is 23.2 Å². The van der Waals surface area contributed by atoms with Gasteiger partial charge in [-0.3, -0.25) is 0 Å². The second-order valence-electron chi connectivity index (χ2n) is 3.49. The molecule has 5 N–H and O–H groups in total. The maximum absolute atomic E-state index is 5.71. The normalized spacial score (nSPS) is 11.1. The average Bonchev–Trinajstić information content (AvgIpc) is 2.86. The van der Waals surface area contributed by atoms with Gasteiger partial charge in [-0.2, -0.15) is 0 Å². The van der Waals surface area contributed by atoms with Crippen molar-refractivity contribution in [1.29, 1.82) is 0 Å². The molecule has 8 heteroatoms. The van der Waals surface area contributed by atoms with Gasteiger partial charge >= 0.3 is 0 Å². The number of H-pyrrole nitrogens is 1. The minimum atomic E-state index is 0.395. The van der Waals surface area contributed by atoms with E-state index in [1.165, 1.54) is 17.7 Å². The van der Waals surface area contributed by atoms with Crippen LogP contribution in [-0.2, 0) is 6.42 Å². The predicted octanol–water partition coefficient (Wildman–Crippen LogP) is 0.565. The topological polar surface area (TPSA) is 119 Å². The number of thiazole rings is 1. The van der Waals surface area contributed by atoms with E-state index in [9.17, 15) is 0 Å². The Balaban J connectivity index is 1.98. The summed E-state index contributed by atoms with van der Waals surface area (Å²) in [5.41, 5.74) is 13.4. The Hall–Kier alpha value is -2.22. The summed E-state index contributed by atoms with van der Waals surface area (Å²) in [6.07, 6.45) is 1.96. The first-order valence-electron chi connectivity index (χ1n) is 4.87. The molecule has 0 bridgehead atoms. The molecule has 0 aromatic carbocycles. The number of rotatable bonds is 2. The highest BCUT2D eigenvalue weighted by molar-refractivity contribution is 7.13. The van der Waals surface area contributed by atoms with Gasteiger partial charge in [0.15, 0.2) is 16.6 Å². The van der Waals surface area contributed by atoms with Crippen LogP contribution in [0, 0.1) is 0 Å². The third-order valence-corrected chi connectivity index (χ3v) is 3.01. The van der Waals surface area contributed by atoms with Crippen LogP contribution in [0.3, 0.4) is 0 Å². The predicted molar refractivity (Wildman–Crippen MR) is 65.4 cm³/mol. The summed E-state index contributed by atoms with van der Waals surface area (Å²) >= 11 is 1.41. The van der Waals surface area contributed by atoms with E-state index in [1.54, 1.807) is 0 Å². The van der Waals surface area contributed by atoms with Crippen LogP contribution < -0.4 is 11.5 Å². The minimum absolute atomic E-state index is 0.395. The molecule has 0 aliphatic carbocycles. The molecule has 0 radical (unpaired) electrons. The quantitative estimate of drug-likeness (QED) is 0.608. The average molecular weight is 247 g/mol. The van der Waals surface area contributed by atoms with E-state index in [0.29, 0.717) is 28.5 Å². The van der Waals surface area contributed by atoms with Crippen LogP contribution in [0.2, 0.25) is 0 Å². The zero-order chi connectivity index (χ0) is 11.8. The van der Waals surface area contributed by atoms with E-state index in [2.05, 4.69) is 24.9 Å². The number of nitrogens with two attached hydrogens (primary N) is 2. The maximum Gasteiger partial charge on any atom is 0.183 e. The molecule has 3 heterocycles. The van der Waals surface area contributed by atoms with Crippen LogP contribution in [0.25, 0.3) is 11.2 Å². The van der Waals surface area contributed by atoms with Crippen LogP contribution >= 0.6 is 11.3 Å². The molecule has 0 spiro atoms. The lowest BCUT2D eigenvalue weighted by Gasteiger charge is -1.91. The molecule has 0 aliphatic heterocycles. The number of nitrogen functional groups attached to an aromatic ring is 2. The highest BCUT2D eigenvalue weighted by Gasteiger charge is 2.09. The van der Waals surface area contributed by atoms with Gasteiger partial charge in [0.1, 0.15) is 17.7 Å². The highest BCUT2D eigenvalue weighted by atomic mass is 32.1. The van der Waals surface area contributed by atoms with E-state index in [1.807, 2.05) is 5.38 Å². The number of hydrogen-bond donors (Lipinski definition) is 3. The molecule has 3 rings (SSSR count). The number of anilines is 2. The Morgan fingerprint density at radius 1 is 1.24 bits per heavy atom. The Morgan fingerprint density at radius 2 is 2.12 bits per heavy atom. The molecule has 7 nitrogen and oxygen atoms in total. The van der Waals surface area contributed by atoms with Crippen molar-refractivity contribution in [2.45, 2.75) is 6.42 Å². The van der Waals surface area contributed by atoms with Gasteiger partial charge in [-0.25, -0.2) is 19.9 Å². The molecule has 0 unspecified atom stereocenters. The van der Waals surface area contributed by atoms with Crippen molar-refractivity contribution in [2.24, 2.45) is 0 Å². The lowest BCUT2D eigenvalue weighted by molar-refractivity contribution is 1.000. The molecular weight excluding hydrogens is 238 g/mol. The second-order valence-corrected chi connectivity index (χ2v) is 4.38. The first kappa shape index (κ1) is 9.97. The van der Waals surface area contributed by atoms with Gasteiger partial charge in [0.2, 0.25) is 0 Å². The molecular formula is C9H9N7S. The molecule has 0 amide bonds. The molecule has 0 saturated heterocycles. The van der Waals surface area contributed by atoms with E-state index < -0.39 is 0 Å². The molecule has 17 heavy (non-hydrogen) atoms. The molecule has 86 valence electrons. The molecule has 3 aromatic heterocycles. The third kappa shape index (κ3) is 1.78. The summed E-state index contributed by atoms with van der Waals surface area (Å²) in [5.74, 6) is 1.14. The monoisotopic (exact) mass is 247 g/mol. The van der Waals surface area contributed by atoms with Crippen molar-refractivity contribution in [3.8, 4) is 0 Å². The standard InChI is InChI=1S/C9H9N7S/c10-7-6-8(13-3-12-7)16-5(15-6)1-4-2-17-9(11)14-4/h2-3H,1H2,(H2,11,14)(H3,10,12,13,15,16). The van der Waals surface area contributed by atoms with Crippen LogP contribution in [0.1, 0.15) is 11.5 Å². The van der Waals surface area contributed by atoms with Crippen LogP contribution in [0.4, 0.5) is 10.9 Å². The van der Waals surface area contributed by atoms with E-state index in [4.69, 9.17) is 11.5 Å². The van der Waals surface area contributed by atoms with Gasteiger partial charge in [0.25, 0.3) is 0 Å². The van der Waals surface area contributed by atoms with Gasteiger partial charge in [-0.15, -0.1) is 11.3 Å². The maximum atomic E-state index is 5.71. The SMILES string of the molecule is Nc1nc(Cc2nc3ncnc(N)c3[nH]2)cs1. The first-order valence-corrected chi connectivity index (χ1v) is 5.75. The molecule has 3 aromatic rings. The zero-order valence-electron chi connectivity index (χ0n) is 8.71. The lowest BCUT2D eigenvalue weighted by atomic mass is 10.3. The van der Waals surface area contributed by atoms with Crippen LogP contribution in [-0.4, -0.2) is 24.9 Å². The molecule has 0 saturated carbocycles. The lowest BCUT2D eigenvalue weighted by Crippen LogP contribution is -1.92. The van der Waals surface area contributed by atoms with Crippen molar-refractivity contribution in [3.63, 3.8) is 0 Å². The zero-order valence-corrected chi connectivity index (χ0v) is 9.53. The summed E-state index contributed by atoms with van der Waals surface area (Å²) in [6, 6.07) is 0. The van der Waals surface area contributed by atoms with Crippen molar-refractivity contribution in [2.75, 3.05) is 11.5 Å². The largest absolute Gasteiger partial charge is 0.382 e. The number of aromatic nitrogens is 5. The van der Waals surface area contributed by atoms with Gasteiger partial charge in [-0.05, 0) is 0 Å². The molecule has 0 aliphatic rings. The highest BCUT2D eigenvalue weighted by Crippen LogP contribution is 2.17. The molecule has 0 fully saturated rings. The van der Waals surface area contributed by atoms with Gasteiger partial charge in [0, 0.05) is 11.8 Å². The Bertz CT molecular complexity index is 671. The Morgan fingerprint density at radius 3 is 2.82 bits per heavy atom. The van der Waals surface area contributed by atoms with Gasteiger partial charge in [-0.1, -0.05) is 0 Å². The number of nitrogens with one attached hydrogen (secondary N) is 1. The fourth-order valence-corrected chi connectivity index (χ4v) is 2.12. The fraction of sp³-hybridized carbons (Fsp3) is 0.111. The van der Waals surface area contributed by atoms with E-state index >= 15 is 0 Å². The number of hydrogen-bond acceptors (Lipinski definition) is 7. The number of nitrogens with zero attached hydrogens (tertiary/aromatic N) is 4. The number of imidazole rings is 1. The third-order valence-electron chi connectivity index (χ3n) is 2.28. The summed E-state index contributed by atoms with van der Waals surface area (Å²) in [6.45, 7) is 0. The van der Waals surface area contributed by atoms with E-state index in [-0.39, 0.29) is 0 Å². The molecule has 0 atom stereocenters. The smallest absolute Gasteiger partial charge is 0.183 e. The first-order chi connectivity index (χ1) is 8.22. The summed E-state index contributed by atoms with van der Waals surface area (Å²) < 4.78 is 0. The van der Waals surface area contributed by atoms with Crippen molar-refractivity contribution in [1.82, 2.24) is 24.9 Å². The van der Waals surface area contributed by atoms with Crippen molar-refractivity contribution < 1.29 is 0 Å². The number of fused-ring (bicyclic) bond motifs is 1. The Kier molecular flexibility index (Phi) is 2.15.